The summed E-state index contributed by atoms with van der Waals surface area (Å²) in [6.45, 7) is -0.790. The topological polar surface area (TPSA) is 260 Å². The zero-order valence-electron chi connectivity index (χ0n) is 23.3. The third kappa shape index (κ3) is 10.5. The summed E-state index contributed by atoms with van der Waals surface area (Å²) in [5.41, 5.74) is -2.54. The summed E-state index contributed by atoms with van der Waals surface area (Å²) >= 11 is 0. The van der Waals surface area contributed by atoms with Crippen molar-refractivity contribution >= 4 is 23.8 Å². The van der Waals surface area contributed by atoms with Crippen LogP contribution in [0.5, 0.6) is 0 Å². The van der Waals surface area contributed by atoms with Gasteiger partial charge in [-0.25, -0.2) is 14.4 Å². The third-order valence-electron chi connectivity index (χ3n) is 6.42. The lowest BCUT2D eigenvalue weighted by molar-refractivity contribution is -0.151. The Kier molecular flexibility index (Phi) is 12.8. The van der Waals surface area contributed by atoms with Gasteiger partial charge in [-0.15, -0.1) is 0 Å². The van der Waals surface area contributed by atoms with Gasteiger partial charge in [0.1, 0.15) is 19.1 Å². The zero-order chi connectivity index (χ0) is 32.3. The molecule has 1 saturated carbocycles. The molecule has 0 spiro atoms. The standard InChI is InChI=1S/C12H15N3O6.C7H12O3.C6H6N2O4/c1-21-11(19)8-4-7(16)5-15(8)10(18)6-14-3-2-9(17)13-12(14)20;1-10-7(9)5-2-3-6(8)4-5;9-4-1-2-8(3-5(10)11)6(12)7-4/h2-3,7-8,16H,4-6H2,1H3,(H,13,17,20);5-6,8H,2-4H2,1H3;1-2H,3H2,(H,10,11)(H,7,9,12)/t7-,8+;5-,6-;/m10./s1. The van der Waals surface area contributed by atoms with Crippen molar-refractivity contribution in [1.82, 2.24) is 24.0 Å². The summed E-state index contributed by atoms with van der Waals surface area (Å²) in [7, 11) is 2.58. The van der Waals surface area contributed by atoms with E-state index in [1.165, 1.54) is 25.3 Å². The summed E-state index contributed by atoms with van der Waals surface area (Å²) < 4.78 is 11.0. The second kappa shape index (κ2) is 16.0. The number of esters is 2. The summed E-state index contributed by atoms with van der Waals surface area (Å²) in [6, 6.07) is 1.34. The number of amides is 1. The number of hydrogen-bond donors (Lipinski definition) is 5. The van der Waals surface area contributed by atoms with Gasteiger partial charge in [0, 0.05) is 37.5 Å². The molecule has 1 aliphatic carbocycles. The number of carboxylic acids is 1. The summed E-state index contributed by atoms with van der Waals surface area (Å²) in [4.78, 5) is 93.7. The predicted octanol–water partition coefficient (Wildman–Crippen LogP) is -3.39. The Bertz CT molecular complexity index is 1520. The van der Waals surface area contributed by atoms with Gasteiger partial charge in [-0.2, -0.15) is 0 Å². The molecule has 2 aliphatic rings. The van der Waals surface area contributed by atoms with Crippen molar-refractivity contribution in [2.24, 2.45) is 5.92 Å². The van der Waals surface area contributed by atoms with Crippen molar-refractivity contribution in [2.45, 2.75) is 57.0 Å². The fourth-order valence-electron chi connectivity index (χ4n) is 4.31. The van der Waals surface area contributed by atoms with E-state index >= 15 is 0 Å². The van der Waals surface area contributed by atoms with E-state index < -0.39 is 59.0 Å². The fourth-order valence-corrected chi connectivity index (χ4v) is 4.31. The number of ether oxygens (including phenoxy) is 2. The molecule has 236 valence electrons. The first-order valence-electron chi connectivity index (χ1n) is 12.9. The minimum Gasteiger partial charge on any atom is -0.480 e. The molecule has 1 saturated heterocycles. The van der Waals surface area contributed by atoms with Crippen LogP contribution in [0.1, 0.15) is 25.7 Å². The minimum absolute atomic E-state index is 0.00327. The smallest absolute Gasteiger partial charge is 0.328 e. The molecule has 2 aromatic heterocycles. The molecule has 1 amide bonds. The van der Waals surface area contributed by atoms with Crippen molar-refractivity contribution in [3.63, 3.8) is 0 Å². The number of rotatable bonds is 6. The number of hydrogen-bond acceptors (Lipinski definition) is 12. The normalized spacial score (nSPS) is 20.6. The summed E-state index contributed by atoms with van der Waals surface area (Å²) in [6.07, 6.45) is 3.40. The number of carboxylic acid groups (broad SMARTS) is 1. The molecular formula is C25H33N5O13. The molecule has 4 atom stereocenters. The van der Waals surface area contributed by atoms with E-state index in [4.69, 9.17) is 10.2 Å². The number of likely N-dealkylation sites (tertiary alicyclic amines) is 1. The SMILES string of the molecule is COC(=O)[C@@H]1C[C@@H](O)CN1C(=O)Cn1ccc(=O)[nH]c1=O.COC(=O)[C@H]1CC[C@H](O)C1.O=C(O)Cn1ccc(=O)[nH]c1=O. The second-order valence-electron chi connectivity index (χ2n) is 9.53. The Morgan fingerprint density at radius 2 is 1.35 bits per heavy atom. The van der Waals surface area contributed by atoms with Crippen LogP contribution in [-0.2, 0) is 41.7 Å². The van der Waals surface area contributed by atoms with E-state index in [9.17, 15) is 43.5 Å². The van der Waals surface area contributed by atoms with E-state index in [0.29, 0.717) is 6.42 Å². The Morgan fingerprint density at radius 1 is 0.814 bits per heavy atom. The molecule has 0 radical (unpaired) electrons. The van der Waals surface area contributed by atoms with Gasteiger partial charge in [-0.05, 0) is 19.3 Å². The van der Waals surface area contributed by atoms with E-state index in [1.54, 1.807) is 0 Å². The molecule has 4 rings (SSSR count). The lowest BCUT2D eigenvalue weighted by Gasteiger charge is -2.22. The van der Waals surface area contributed by atoms with E-state index in [2.05, 4.69) is 9.47 Å². The highest BCUT2D eigenvalue weighted by Gasteiger charge is 2.39. The lowest BCUT2D eigenvalue weighted by Crippen LogP contribution is -2.44. The molecule has 2 aromatic rings. The average Bonchev–Trinajstić information content (AvgIpc) is 3.57. The maximum atomic E-state index is 12.2. The molecule has 0 unspecified atom stereocenters. The average molecular weight is 612 g/mol. The molecule has 0 bridgehead atoms. The number of aliphatic hydroxyl groups excluding tert-OH is 2. The van der Waals surface area contributed by atoms with Crippen LogP contribution in [0.3, 0.4) is 0 Å². The molecule has 0 aromatic carbocycles. The Hall–Kier alpha value is -4.84. The number of carbonyl (C=O) groups is 4. The van der Waals surface area contributed by atoms with Crippen molar-refractivity contribution < 1.29 is 44.0 Å². The van der Waals surface area contributed by atoms with E-state index in [0.717, 1.165) is 40.3 Å². The number of nitrogens with one attached hydrogen (secondary N) is 2. The lowest BCUT2D eigenvalue weighted by atomic mass is 10.1. The maximum Gasteiger partial charge on any atom is 0.328 e. The van der Waals surface area contributed by atoms with Crippen LogP contribution in [0.2, 0.25) is 0 Å². The van der Waals surface area contributed by atoms with Crippen molar-refractivity contribution in [3.8, 4) is 0 Å². The number of β-amino-alcohol motifs (C(OH)–C–C–N with tert-alkyl or cyclic N) is 1. The first kappa shape index (κ1) is 34.4. The molecule has 2 fully saturated rings. The molecule has 18 nitrogen and oxygen atoms in total. The summed E-state index contributed by atoms with van der Waals surface area (Å²) in [5.74, 6) is -2.51. The number of aromatic nitrogens is 4. The third-order valence-corrected chi connectivity index (χ3v) is 6.42. The first-order valence-corrected chi connectivity index (χ1v) is 12.9. The Morgan fingerprint density at radius 3 is 1.79 bits per heavy atom. The molecule has 18 heteroatoms. The van der Waals surface area contributed by atoms with Crippen LogP contribution in [-0.4, -0.2) is 102 Å². The molecule has 1 aliphatic heterocycles. The van der Waals surface area contributed by atoms with Gasteiger partial charge >= 0.3 is 29.3 Å². The first-order chi connectivity index (χ1) is 20.2. The van der Waals surface area contributed by atoms with E-state index in [-0.39, 0.29) is 37.5 Å². The predicted molar refractivity (Wildman–Crippen MR) is 144 cm³/mol. The highest BCUT2D eigenvalue weighted by molar-refractivity contribution is 5.85. The van der Waals surface area contributed by atoms with Crippen molar-refractivity contribution in [3.05, 3.63) is 66.2 Å². The number of methoxy groups -OCH3 is 2. The number of aliphatic carboxylic acids is 1. The molecule has 5 N–H and O–H groups in total. The second-order valence-corrected chi connectivity index (χ2v) is 9.53. The number of aliphatic hydroxyl groups is 2. The Balaban J connectivity index is 0.000000248. The number of aromatic amines is 2. The van der Waals surface area contributed by atoms with Gasteiger partial charge in [0.15, 0.2) is 0 Å². The minimum atomic E-state index is -1.14. The van der Waals surface area contributed by atoms with Gasteiger partial charge in [-0.1, -0.05) is 0 Å². The van der Waals surface area contributed by atoms with Gasteiger partial charge in [0.25, 0.3) is 11.1 Å². The van der Waals surface area contributed by atoms with Gasteiger partial charge in [-0.3, -0.25) is 43.1 Å². The maximum absolute atomic E-state index is 12.2. The largest absolute Gasteiger partial charge is 0.480 e. The fraction of sp³-hybridized carbons (Fsp3) is 0.520. The molecular weight excluding hydrogens is 578 g/mol. The van der Waals surface area contributed by atoms with Gasteiger partial charge < -0.3 is 29.7 Å². The highest BCUT2D eigenvalue weighted by atomic mass is 16.5. The van der Waals surface area contributed by atoms with Gasteiger partial charge in [0.2, 0.25) is 5.91 Å². The summed E-state index contributed by atoms with van der Waals surface area (Å²) in [5, 5.41) is 26.9. The monoisotopic (exact) mass is 611 g/mol. The van der Waals surface area contributed by atoms with Crippen LogP contribution >= 0.6 is 0 Å². The van der Waals surface area contributed by atoms with Gasteiger partial charge in [0.05, 0.1) is 32.3 Å². The quantitative estimate of drug-likeness (QED) is 0.200. The van der Waals surface area contributed by atoms with Crippen LogP contribution < -0.4 is 22.5 Å². The van der Waals surface area contributed by atoms with Crippen LogP contribution in [0.4, 0.5) is 0 Å². The van der Waals surface area contributed by atoms with Crippen LogP contribution in [0, 0.1) is 5.92 Å². The van der Waals surface area contributed by atoms with Crippen LogP contribution in [0.15, 0.2) is 43.7 Å². The number of nitrogens with zero attached hydrogens (tertiary/aromatic N) is 3. The van der Waals surface area contributed by atoms with Crippen molar-refractivity contribution in [1.29, 1.82) is 0 Å². The number of H-pyrrole nitrogens is 2. The molecule has 3 heterocycles. The Labute approximate surface area is 242 Å². The molecule has 43 heavy (non-hydrogen) atoms. The van der Waals surface area contributed by atoms with Crippen molar-refractivity contribution in [2.75, 3.05) is 20.8 Å². The zero-order valence-corrected chi connectivity index (χ0v) is 23.3. The number of carbonyl (C=O) groups excluding carboxylic acids is 3. The van der Waals surface area contributed by atoms with E-state index in [1.807, 2.05) is 9.97 Å². The van der Waals surface area contributed by atoms with Crippen LogP contribution in [0.25, 0.3) is 0 Å². The highest BCUT2D eigenvalue weighted by Crippen LogP contribution is 2.26.